The van der Waals surface area contributed by atoms with Gasteiger partial charge in [0.2, 0.25) is 0 Å². The Bertz CT molecular complexity index is 348. The molecule has 0 atom stereocenters. The molecule has 0 amide bonds. The minimum Gasteiger partial charge on any atom is -0.312 e. The third-order valence-corrected chi connectivity index (χ3v) is 3.32. The van der Waals surface area contributed by atoms with Gasteiger partial charge < -0.3 is 4.57 Å². The third-order valence-electron chi connectivity index (χ3n) is 3.32. The Hall–Kier alpha value is -1.05. The molecule has 1 aromatic rings. The van der Waals surface area contributed by atoms with Gasteiger partial charge in [0.05, 0.1) is 0 Å². The number of rotatable bonds is 1. The quantitative estimate of drug-likeness (QED) is 0.690. The fraction of sp³-hybridized carbons (Fsp3) is 0.615. The molecule has 0 saturated heterocycles. The van der Waals surface area contributed by atoms with Crippen molar-refractivity contribution in [1.82, 2.24) is 4.57 Å². The molecule has 2 rings (SSSR count). The maximum atomic E-state index is 11.7. The molecule has 1 fully saturated rings. The summed E-state index contributed by atoms with van der Waals surface area (Å²) in [5, 5.41) is 0. The van der Waals surface area contributed by atoms with Crippen LogP contribution in [-0.4, -0.2) is 4.57 Å². The van der Waals surface area contributed by atoms with E-state index in [1.165, 1.54) is 44.9 Å². The second-order valence-corrected chi connectivity index (χ2v) is 4.45. The molecule has 0 unspecified atom stereocenters. The molecule has 2 heteroatoms. The standard InChI is InChI=1S/C13H19NO/c15-13-10-6-7-11-14(13)12-8-4-2-1-3-5-9-12/h6-7,10-12H,1-5,8-9H2. The predicted molar refractivity (Wildman–Crippen MR) is 62.1 cm³/mol. The van der Waals surface area contributed by atoms with Crippen LogP contribution in [0.25, 0.3) is 0 Å². The van der Waals surface area contributed by atoms with Crippen molar-refractivity contribution in [3.8, 4) is 0 Å². The highest BCUT2D eigenvalue weighted by molar-refractivity contribution is 4.95. The van der Waals surface area contributed by atoms with Gasteiger partial charge in [0.15, 0.2) is 0 Å². The summed E-state index contributed by atoms with van der Waals surface area (Å²) in [5.74, 6) is 0. The summed E-state index contributed by atoms with van der Waals surface area (Å²) in [6.07, 6.45) is 10.9. The summed E-state index contributed by atoms with van der Waals surface area (Å²) in [5.41, 5.74) is 0.156. The Kier molecular flexibility index (Phi) is 3.59. The van der Waals surface area contributed by atoms with Gasteiger partial charge in [-0.25, -0.2) is 0 Å². The van der Waals surface area contributed by atoms with E-state index in [4.69, 9.17) is 0 Å². The van der Waals surface area contributed by atoms with E-state index in [1.807, 2.05) is 22.9 Å². The maximum absolute atomic E-state index is 11.7. The van der Waals surface area contributed by atoms with E-state index in [1.54, 1.807) is 6.07 Å². The topological polar surface area (TPSA) is 22.0 Å². The van der Waals surface area contributed by atoms with Crippen molar-refractivity contribution in [2.45, 2.75) is 51.0 Å². The minimum absolute atomic E-state index is 0.156. The lowest BCUT2D eigenvalue weighted by atomic mass is 9.96. The molecular formula is C13H19NO. The van der Waals surface area contributed by atoms with Crippen LogP contribution >= 0.6 is 0 Å². The monoisotopic (exact) mass is 205 g/mol. The number of pyridine rings is 1. The molecule has 1 heterocycles. The fourth-order valence-electron chi connectivity index (χ4n) is 2.45. The molecule has 0 bridgehead atoms. The number of hydrogen-bond acceptors (Lipinski definition) is 1. The zero-order valence-electron chi connectivity index (χ0n) is 9.19. The lowest BCUT2D eigenvalue weighted by molar-refractivity contribution is 0.365. The van der Waals surface area contributed by atoms with Gasteiger partial charge in [0, 0.05) is 18.3 Å². The average molecular weight is 205 g/mol. The largest absolute Gasteiger partial charge is 0.312 e. The van der Waals surface area contributed by atoms with E-state index < -0.39 is 0 Å². The van der Waals surface area contributed by atoms with E-state index in [2.05, 4.69) is 0 Å². The first-order chi connectivity index (χ1) is 7.38. The fourth-order valence-corrected chi connectivity index (χ4v) is 2.45. The molecule has 0 aliphatic heterocycles. The molecule has 15 heavy (non-hydrogen) atoms. The van der Waals surface area contributed by atoms with Crippen molar-refractivity contribution < 1.29 is 0 Å². The number of aromatic nitrogens is 1. The normalized spacial score (nSPS) is 19.5. The lowest BCUT2D eigenvalue weighted by Crippen LogP contribution is -2.23. The summed E-state index contributed by atoms with van der Waals surface area (Å²) in [4.78, 5) is 11.7. The van der Waals surface area contributed by atoms with Gasteiger partial charge in [-0.1, -0.05) is 38.2 Å². The molecule has 1 aliphatic carbocycles. The summed E-state index contributed by atoms with van der Waals surface area (Å²) in [6.45, 7) is 0. The highest BCUT2D eigenvalue weighted by Crippen LogP contribution is 2.24. The van der Waals surface area contributed by atoms with Gasteiger partial charge >= 0.3 is 0 Å². The molecule has 0 aromatic carbocycles. The van der Waals surface area contributed by atoms with Gasteiger partial charge in [-0.2, -0.15) is 0 Å². The molecule has 1 aromatic heterocycles. The minimum atomic E-state index is 0.156. The van der Waals surface area contributed by atoms with Gasteiger partial charge in [0.25, 0.3) is 5.56 Å². The van der Waals surface area contributed by atoms with Crippen LogP contribution in [0.3, 0.4) is 0 Å². The van der Waals surface area contributed by atoms with Crippen molar-refractivity contribution in [3.05, 3.63) is 34.7 Å². The van der Waals surface area contributed by atoms with Crippen LogP contribution < -0.4 is 5.56 Å². The summed E-state index contributed by atoms with van der Waals surface area (Å²) >= 11 is 0. The van der Waals surface area contributed by atoms with E-state index in [-0.39, 0.29) is 5.56 Å². The van der Waals surface area contributed by atoms with Gasteiger partial charge in [-0.3, -0.25) is 4.79 Å². The van der Waals surface area contributed by atoms with Crippen molar-refractivity contribution >= 4 is 0 Å². The van der Waals surface area contributed by atoms with Gasteiger partial charge in [-0.15, -0.1) is 0 Å². The molecular weight excluding hydrogens is 186 g/mol. The molecule has 0 spiro atoms. The third kappa shape index (κ3) is 2.71. The Balaban J connectivity index is 2.14. The van der Waals surface area contributed by atoms with Crippen molar-refractivity contribution in [2.75, 3.05) is 0 Å². The molecule has 0 N–H and O–H groups in total. The Morgan fingerprint density at radius 3 is 2.33 bits per heavy atom. The predicted octanol–water partition coefficient (Wildman–Crippen LogP) is 3.13. The maximum Gasteiger partial charge on any atom is 0.250 e. The summed E-state index contributed by atoms with van der Waals surface area (Å²) in [6, 6.07) is 5.89. The van der Waals surface area contributed by atoms with Crippen LogP contribution in [0.1, 0.15) is 51.0 Å². The SMILES string of the molecule is O=c1ccccn1C1CCCCCCC1. The van der Waals surface area contributed by atoms with Crippen LogP contribution in [0.15, 0.2) is 29.2 Å². The van der Waals surface area contributed by atoms with E-state index >= 15 is 0 Å². The summed E-state index contributed by atoms with van der Waals surface area (Å²) < 4.78 is 1.92. The first-order valence-electron chi connectivity index (χ1n) is 6.05. The molecule has 2 nitrogen and oxygen atoms in total. The molecule has 1 aliphatic rings. The second-order valence-electron chi connectivity index (χ2n) is 4.45. The van der Waals surface area contributed by atoms with E-state index in [9.17, 15) is 4.79 Å². The van der Waals surface area contributed by atoms with Crippen LogP contribution in [0, 0.1) is 0 Å². The highest BCUT2D eigenvalue weighted by atomic mass is 16.1. The Morgan fingerprint density at radius 1 is 1.00 bits per heavy atom. The van der Waals surface area contributed by atoms with Crippen LogP contribution in [0.2, 0.25) is 0 Å². The number of hydrogen-bond donors (Lipinski definition) is 0. The second kappa shape index (κ2) is 5.15. The first-order valence-corrected chi connectivity index (χ1v) is 6.05. The van der Waals surface area contributed by atoms with Gasteiger partial charge in [-0.05, 0) is 18.9 Å². The van der Waals surface area contributed by atoms with Crippen molar-refractivity contribution in [3.63, 3.8) is 0 Å². The average Bonchev–Trinajstić information content (AvgIpc) is 2.19. The van der Waals surface area contributed by atoms with Crippen LogP contribution in [-0.2, 0) is 0 Å². The Morgan fingerprint density at radius 2 is 1.67 bits per heavy atom. The molecule has 1 saturated carbocycles. The first kappa shape index (κ1) is 10.5. The zero-order chi connectivity index (χ0) is 10.5. The molecule has 82 valence electrons. The zero-order valence-corrected chi connectivity index (χ0v) is 9.19. The van der Waals surface area contributed by atoms with Crippen molar-refractivity contribution in [2.24, 2.45) is 0 Å². The smallest absolute Gasteiger partial charge is 0.250 e. The van der Waals surface area contributed by atoms with Crippen molar-refractivity contribution in [1.29, 1.82) is 0 Å². The Labute approximate surface area is 90.9 Å². The molecule has 0 radical (unpaired) electrons. The van der Waals surface area contributed by atoms with E-state index in [0.29, 0.717) is 6.04 Å². The van der Waals surface area contributed by atoms with E-state index in [0.717, 1.165) is 0 Å². The van der Waals surface area contributed by atoms with Crippen LogP contribution in [0.4, 0.5) is 0 Å². The van der Waals surface area contributed by atoms with Crippen LogP contribution in [0.5, 0.6) is 0 Å². The van der Waals surface area contributed by atoms with Gasteiger partial charge in [0.1, 0.15) is 0 Å². The number of nitrogens with zero attached hydrogens (tertiary/aromatic N) is 1. The highest BCUT2D eigenvalue weighted by Gasteiger charge is 2.13. The summed E-state index contributed by atoms with van der Waals surface area (Å²) in [7, 11) is 0. The lowest BCUT2D eigenvalue weighted by Gasteiger charge is -2.21.